The number of rotatable bonds is 4. The normalized spacial score (nSPS) is 17.7. The molecule has 0 aromatic heterocycles. The van der Waals surface area contributed by atoms with E-state index in [0.29, 0.717) is 24.1 Å². The lowest BCUT2D eigenvalue weighted by atomic mass is 10.2. The van der Waals surface area contributed by atoms with Crippen LogP contribution < -0.4 is 10.5 Å². The van der Waals surface area contributed by atoms with Gasteiger partial charge in [0.05, 0.1) is 17.0 Å². The predicted molar refractivity (Wildman–Crippen MR) is 70.0 cm³/mol. The van der Waals surface area contributed by atoms with Crippen molar-refractivity contribution in [2.24, 2.45) is 0 Å². The summed E-state index contributed by atoms with van der Waals surface area (Å²) in [5, 5.41) is 9.44. The topological polar surface area (TPSA) is 92.4 Å². The first-order chi connectivity index (χ1) is 8.30. The Bertz CT molecular complexity index is 582. The van der Waals surface area contributed by atoms with Crippen molar-refractivity contribution in [3.05, 3.63) is 22.7 Å². The average molecular weight is 291 g/mol. The van der Waals surface area contributed by atoms with Crippen LogP contribution in [-0.2, 0) is 10.0 Å². The Morgan fingerprint density at radius 1 is 1.50 bits per heavy atom. The quantitative estimate of drug-likeness (QED) is 0.722. The zero-order valence-electron chi connectivity index (χ0n) is 9.90. The van der Waals surface area contributed by atoms with Crippen LogP contribution in [0.2, 0.25) is 5.02 Å². The summed E-state index contributed by atoms with van der Waals surface area (Å²) in [5.41, 5.74) is 5.79. The highest BCUT2D eigenvalue weighted by molar-refractivity contribution is 7.89. The fraction of sp³-hybridized carbons (Fsp3) is 0.455. The molecule has 1 aliphatic rings. The third-order valence-corrected chi connectivity index (χ3v) is 5.08. The van der Waals surface area contributed by atoms with Gasteiger partial charge in [-0.15, -0.1) is 0 Å². The summed E-state index contributed by atoms with van der Waals surface area (Å²) < 4.78 is 27.0. The van der Waals surface area contributed by atoms with Gasteiger partial charge in [0.15, 0.2) is 0 Å². The van der Waals surface area contributed by atoms with Crippen molar-refractivity contribution in [1.29, 1.82) is 0 Å². The Hall–Kier alpha value is -0.820. The highest BCUT2D eigenvalue weighted by atomic mass is 35.5. The van der Waals surface area contributed by atoms with Gasteiger partial charge in [0.1, 0.15) is 0 Å². The van der Waals surface area contributed by atoms with Gasteiger partial charge in [0, 0.05) is 10.7 Å². The molecule has 1 aromatic rings. The Kier molecular flexibility index (Phi) is 3.31. The van der Waals surface area contributed by atoms with Crippen molar-refractivity contribution >= 4 is 27.3 Å². The van der Waals surface area contributed by atoms with Gasteiger partial charge in [-0.1, -0.05) is 11.6 Å². The molecule has 100 valence electrons. The lowest BCUT2D eigenvalue weighted by molar-refractivity contribution is 0.246. The summed E-state index contributed by atoms with van der Waals surface area (Å²) in [6.45, 7) is 1.42. The summed E-state index contributed by atoms with van der Waals surface area (Å²) in [4.78, 5) is 0.0622. The molecule has 18 heavy (non-hydrogen) atoms. The summed E-state index contributed by atoms with van der Waals surface area (Å²) in [5.74, 6) is 0. The maximum Gasteiger partial charge on any atom is 0.241 e. The number of halogens is 1. The molecule has 1 aliphatic carbocycles. The van der Waals surface area contributed by atoms with E-state index in [1.54, 1.807) is 6.92 Å². The zero-order chi connectivity index (χ0) is 13.6. The second-order valence-corrected chi connectivity index (χ2v) is 6.75. The molecule has 5 nitrogen and oxygen atoms in total. The minimum atomic E-state index is -3.72. The molecule has 0 saturated heterocycles. The number of sulfonamides is 1. The van der Waals surface area contributed by atoms with Gasteiger partial charge in [-0.2, -0.15) is 0 Å². The lowest BCUT2D eigenvalue weighted by Gasteiger charge is -2.17. The number of benzene rings is 1. The maximum absolute atomic E-state index is 12.2. The summed E-state index contributed by atoms with van der Waals surface area (Å²) in [6, 6.07) is 2.87. The third kappa shape index (κ3) is 2.47. The molecule has 0 atom stereocenters. The summed E-state index contributed by atoms with van der Waals surface area (Å²) >= 11 is 5.83. The van der Waals surface area contributed by atoms with E-state index >= 15 is 0 Å². The molecule has 0 aliphatic heterocycles. The molecule has 0 amide bonds. The monoisotopic (exact) mass is 290 g/mol. The Morgan fingerprint density at radius 3 is 2.61 bits per heavy atom. The fourth-order valence-electron chi connectivity index (χ4n) is 1.74. The van der Waals surface area contributed by atoms with Crippen LogP contribution in [0.25, 0.3) is 0 Å². The molecule has 0 spiro atoms. The molecule has 1 saturated carbocycles. The van der Waals surface area contributed by atoms with Crippen LogP contribution >= 0.6 is 11.6 Å². The molecular formula is C11H15ClN2O3S. The van der Waals surface area contributed by atoms with Crippen LogP contribution in [0.5, 0.6) is 0 Å². The number of hydrogen-bond acceptors (Lipinski definition) is 4. The molecule has 0 bridgehead atoms. The number of aliphatic hydroxyl groups excluding tert-OH is 1. The van der Waals surface area contributed by atoms with Crippen molar-refractivity contribution < 1.29 is 13.5 Å². The average Bonchev–Trinajstić information content (AvgIpc) is 3.03. The van der Waals surface area contributed by atoms with Gasteiger partial charge in [0.25, 0.3) is 0 Å². The van der Waals surface area contributed by atoms with Crippen LogP contribution in [0, 0.1) is 6.92 Å². The highest BCUT2D eigenvalue weighted by Gasteiger charge is 2.45. The fourth-order valence-corrected chi connectivity index (χ4v) is 3.78. The Labute approximate surface area is 111 Å². The third-order valence-electron chi connectivity index (χ3n) is 3.16. The molecule has 0 unspecified atom stereocenters. The molecular weight excluding hydrogens is 276 g/mol. The van der Waals surface area contributed by atoms with Crippen LogP contribution in [-0.4, -0.2) is 25.7 Å². The first-order valence-corrected chi connectivity index (χ1v) is 7.36. The van der Waals surface area contributed by atoms with Crippen LogP contribution in [0.15, 0.2) is 17.0 Å². The van der Waals surface area contributed by atoms with Crippen molar-refractivity contribution in [1.82, 2.24) is 4.72 Å². The maximum atomic E-state index is 12.2. The summed E-state index contributed by atoms with van der Waals surface area (Å²) in [7, 11) is -3.72. The zero-order valence-corrected chi connectivity index (χ0v) is 11.5. The number of nitrogen functional groups attached to an aromatic ring is 1. The first-order valence-electron chi connectivity index (χ1n) is 5.50. The molecule has 1 fully saturated rings. The second-order valence-electron chi connectivity index (χ2n) is 4.66. The number of anilines is 1. The van der Waals surface area contributed by atoms with Gasteiger partial charge < -0.3 is 10.8 Å². The van der Waals surface area contributed by atoms with Crippen molar-refractivity contribution in [3.8, 4) is 0 Å². The van der Waals surface area contributed by atoms with Crippen molar-refractivity contribution in [3.63, 3.8) is 0 Å². The van der Waals surface area contributed by atoms with Crippen molar-refractivity contribution in [2.75, 3.05) is 12.3 Å². The SMILES string of the molecule is Cc1c(N)cc(Cl)cc1S(=O)(=O)NC1(CO)CC1. The molecule has 0 radical (unpaired) electrons. The van der Waals surface area contributed by atoms with E-state index in [4.69, 9.17) is 22.4 Å². The first kappa shape index (κ1) is 13.6. The predicted octanol–water partition coefficient (Wildman–Crippen LogP) is 1.03. The van der Waals surface area contributed by atoms with E-state index in [2.05, 4.69) is 4.72 Å². The van der Waals surface area contributed by atoms with Crippen LogP contribution in [0.4, 0.5) is 5.69 Å². The second kappa shape index (κ2) is 4.38. The van der Waals surface area contributed by atoms with Crippen molar-refractivity contribution in [2.45, 2.75) is 30.2 Å². The number of nitrogens with one attached hydrogen (secondary N) is 1. The summed E-state index contributed by atoms with van der Waals surface area (Å²) in [6.07, 6.45) is 1.27. The Balaban J connectivity index is 2.42. The molecule has 1 aromatic carbocycles. The Morgan fingerprint density at radius 2 is 2.11 bits per heavy atom. The minimum Gasteiger partial charge on any atom is -0.398 e. The van der Waals surface area contributed by atoms with E-state index in [1.165, 1.54) is 12.1 Å². The smallest absolute Gasteiger partial charge is 0.241 e. The van der Waals surface area contributed by atoms with E-state index in [1.807, 2.05) is 0 Å². The number of hydrogen-bond donors (Lipinski definition) is 3. The van der Waals surface area contributed by atoms with E-state index in [0.717, 1.165) is 0 Å². The lowest BCUT2D eigenvalue weighted by Crippen LogP contribution is -2.39. The van der Waals surface area contributed by atoms with E-state index < -0.39 is 15.6 Å². The standard InChI is InChI=1S/C11H15ClN2O3S/c1-7-9(13)4-8(12)5-10(7)18(16,17)14-11(6-15)2-3-11/h4-5,14-15H,2-3,6,13H2,1H3. The highest BCUT2D eigenvalue weighted by Crippen LogP contribution is 2.37. The molecule has 4 N–H and O–H groups in total. The molecule has 2 rings (SSSR count). The van der Waals surface area contributed by atoms with E-state index in [-0.39, 0.29) is 16.5 Å². The van der Waals surface area contributed by atoms with Gasteiger partial charge in [-0.25, -0.2) is 13.1 Å². The molecule has 0 heterocycles. The van der Waals surface area contributed by atoms with Crippen LogP contribution in [0.3, 0.4) is 0 Å². The van der Waals surface area contributed by atoms with Gasteiger partial charge >= 0.3 is 0 Å². The molecule has 7 heteroatoms. The van der Waals surface area contributed by atoms with Gasteiger partial charge in [0.2, 0.25) is 10.0 Å². The van der Waals surface area contributed by atoms with E-state index in [9.17, 15) is 8.42 Å². The largest absolute Gasteiger partial charge is 0.398 e. The van der Waals surface area contributed by atoms with Crippen LogP contribution in [0.1, 0.15) is 18.4 Å². The number of nitrogens with two attached hydrogens (primary N) is 1. The van der Waals surface area contributed by atoms with Gasteiger partial charge in [-0.05, 0) is 37.5 Å². The van der Waals surface area contributed by atoms with Gasteiger partial charge in [-0.3, -0.25) is 0 Å². The minimum absolute atomic E-state index is 0.0622. The number of aliphatic hydroxyl groups is 1.